The van der Waals surface area contributed by atoms with Crippen molar-refractivity contribution in [3.05, 3.63) is 24.1 Å². The molecule has 1 N–H and O–H groups in total. The van der Waals surface area contributed by atoms with Crippen molar-refractivity contribution < 1.29 is 9.18 Å². The monoisotopic (exact) mass is 172 g/mol. The van der Waals surface area contributed by atoms with Gasteiger partial charge in [-0.25, -0.2) is 9.37 Å². The number of hydrogen-bond donors (Lipinski definition) is 1. The van der Waals surface area contributed by atoms with E-state index in [1.165, 1.54) is 12.1 Å². The van der Waals surface area contributed by atoms with Gasteiger partial charge in [-0.05, 0) is 12.1 Å². The third-order valence-corrected chi connectivity index (χ3v) is 1.58. The topological polar surface area (TPSA) is 42.0 Å². The summed E-state index contributed by atoms with van der Waals surface area (Å²) >= 11 is 1.03. The lowest BCUT2D eigenvalue weighted by molar-refractivity contribution is -0.107. The lowest BCUT2D eigenvalue weighted by Crippen LogP contribution is -1.98. The Morgan fingerprint density at radius 1 is 1.64 bits per heavy atom. The van der Waals surface area contributed by atoms with Gasteiger partial charge in [-0.2, -0.15) is 0 Å². The molecule has 0 aliphatic rings. The molecule has 0 aliphatic carbocycles. The van der Waals surface area contributed by atoms with Crippen molar-refractivity contribution in [1.82, 2.24) is 9.71 Å². The van der Waals surface area contributed by atoms with Crippen molar-refractivity contribution >= 4 is 18.4 Å². The number of carbonyl (C=O) groups excluding carboxylic acids is 1. The van der Waals surface area contributed by atoms with Crippen LogP contribution < -0.4 is 4.72 Å². The molecule has 0 radical (unpaired) electrons. The van der Waals surface area contributed by atoms with E-state index in [1.54, 1.807) is 0 Å². The van der Waals surface area contributed by atoms with Crippen molar-refractivity contribution in [2.24, 2.45) is 0 Å². The van der Waals surface area contributed by atoms with Crippen molar-refractivity contribution in [2.45, 2.75) is 5.03 Å². The maximum Gasteiger partial charge on any atom is 0.217 e. The molecule has 0 fully saturated rings. The van der Waals surface area contributed by atoms with Gasteiger partial charge < -0.3 is 0 Å². The van der Waals surface area contributed by atoms with Gasteiger partial charge in [0.2, 0.25) is 6.41 Å². The lowest BCUT2D eigenvalue weighted by atomic mass is 10.5. The number of nitrogens with one attached hydrogen (secondary N) is 1. The van der Waals surface area contributed by atoms with Crippen LogP contribution in [0.2, 0.25) is 0 Å². The van der Waals surface area contributed by atoms with Gasteiger partial charge in [0.1, 0.15) is 10.8 Å². The minimum Gasteiger partial charge on any atom is -0.297 e. The maximum absolute atomic E-state index is 12.2. The maximum atomic E-state index is 12.2. The number of carbonyl (C=O) groups is 1. The molecule has 1 amide bonds. The molecule has 0 aliphatic heterocycles. The fourth-order valence-corrected chi connectivity index (χ4v) is 0.917. The molecule has 0 aromatic carbocycles. The number of hydrogen-bond acceptors (Lipinski definition) is 3. The minimum atomic E-state index is -0.388. The highest BCUT2D eigenvalue weighted by Gasteiger charge is 1.93. The van der Waals surface area contributed by atoms with Gasteiger partial charge in [-0.1, -0.05) is 0 Å². The summed E-state index contributed by atoms with van der Waals surface area (Å²) in [5.41, 5.74) is 0. The molecule has 0 spiro atoms. The number of rotatable bonds is 3. The molecule has 5 heteroatoms. The third-order valence-electron chi connectivity index (χ3n) is 0.912. The largest absolute Gasteiger partial charge is 0.297 e. The second kappa shape index (κ2) is 3.92. The third kappa shape index (κ3) is 2.55. The Balaban J connectivity index is 2.58. The van der Waals surface area contributed by atoms with E-state index >= 15 is 0 Å². The average molecular weight is 172 g/mol. The van der Waals surface area contributed by atoms with Crippen molar-refractivity contribution in [2.75, 3.05) is 0 Å². The molecule has 1 aromatic heterocycles. The average Bonchev–Trinajstić information content (AvgIpc) is 2.04. The number of nitrogens with zero attached hydrogens (tertiary/aromatic N) is 1. The highest BCUT2D eigenvalue weighted by molar-refractivity contribution is 7.97. The summed E-state index contributed by atoms with van der Waals surface area (Å²) in [5.74, 6) is -0.388. The zero-order valence-electron chi connectivity index (χ0n) is 5.45. The van der Waals surface area contributed by atoms with Crippen molar-refractivity contribution in [3.8, 4) is 0 Å². The summed E-state index contributed by atoms with van der Waals surface area (Å²) in [6.45, 7) is 0. The summed E-state index contributed by atoms with van der Waals surface area (Å²) in [6, 6.07) is 2.76. The van der Waals surface area contributed by atoms with E-state index in [0.717, 1.165) is 18.1 Å². The number of halogens is 1. The van der Waals surface area contributed by atoms with Crippen LogP contribution >= 0.6 is 11.9 Å². The zero-order chi connectivity index (χ0) is 8.10. The molecule has 58 valence electrons. The Morgan fingerprint density at radius 2 is 2.45 bits per heavy atom. The van der Waals surface area contributed by atoms with Crippen LogP contribution in [0, 0.1) is 5.82 Å². The number of pyridine rings is 1. The molecular weight excluding hydrogens is 167 g/mol. The molecule has 1 heterocycles. The first kappa shape index (κ1) is 8.00. The van der Waals surface area contributed by atoms with E-state index in [9.17, 15) is 9.18 Å². The highest BCUT2D eigenvalue weighted by Crippen LogP contribution is 2.09. The number of amides is 1. The van der Waals surface area contributed by atoms with E-state index in [4.69, 9.17) is 0 Å². The van der Waals surface area contributed by atoms with Crippen LogP contribution in [0.15, 0.2) is 23.4 Å². The molecule has 3 nitrogen and oxygen atoms in total. The summed E-state index contributed by atoms with van der Waals surface area (Å²) in [5, 5.41) is 0.554. The number of aromatic nitrogens is 1. The fraction of sp³-hybridized carbons (Fsp3) is 0. The van der Waals surface area contributed by atoms with Crippen LogP contribution in [0.25, 0.3) is 0 Å². The van der Waals surface area contributed by atoms with Gasteiger partial charge in [-0.3, -0.25) is 9.52 Å². The van der Waals surface area contributed by atoms with E-state index < -0.39 is 0 Å². The Bertz CT molecular complexity index is 239. The predicted octanol–water partition coefficient (Wildman–Crippen LogP) is 0.974. The molecule has 0 unspecified atom stereocenters. The summed E-state index contributed by atoms with van der Waals surface area (Å²) in [7, 11) is 0. The lowest BCUT2D eigenvalue weighted by Gasteiger charge is -1.95. The van der Waals surface area contributed by atoms with Crippen LogP contribution in [-0.4, -0.2) is 11.4 Å². The smallest absolute Gasteiger partial charge is 0.217 e. The zero-order valence-corrected chi connectivity index (χ0v) is 6.27. The van der Waals surface area contributed by atoms with Crippen LogP contribution in [0.4, 0.5) is 4.39 Å². The highest BCUT2D eigenvalue weighted by atomic mass is 32.2. The Hall–Kier alpha value is -1.10. The molecule has 0 bridgehead atoms. The van der Waals surface area contributed by atoms with Crippen LogP contribution in [0.3, 0.4) is 0 Å². The van der Waals surface area contributed by atoms with Gasteiger partial charge in [-0.15, -0.1) is 0 Å². The van der Waals surface area contributed by atoms with E-state index in [0.29, 0.717) is 11.4 Å². The first-order chi connectivity index (χ1) is 5.33. The van der Waals surface area contributed by atoms with Crippen LogP contribution in [-0.2, 0) is 4.79 Å². The van der Waals surface area contributed by atoms with Gasteiger partial charge >= 0.3 is 0 Å². The Labute approximate surface area is 67.2 Å². The molecule has 11 heavy (non-hydrogen) atoms. The quantitative estimate of drug-likeness (QED) is 0.545. The van der Waals surface area contributed by atoms with E-state index in [1.807, 2.05) is 0 Å². The van der Waals surface area contributed by atoms with Gasteiger partial charge in [0.25, 0.3) is 0 Å². The first-order valence-electron chi connectivity index (χ1n) is 2.80. The van der Waals surface area contributed by atoms with E-state index in [-0.39, 0.29) is 5.82 Å². The SMILES string of the molecule is O=CNSc1ccc(F)cn1. The van der Waals surface area contributed by atoms with E-state index in [2.05, 4.69) is 9.71 Å². The molecule has 0 saturated heterocycles. The predicted molar refractivity (Wildman–Crippen MR) is 39.3 cm³/mol. The van der Waals surface area contributed by atoms with Crippen molar-refractivity contribution in [3.63, 3.8) is 0 Å². The summed E-state index contributed by atoms with van der Waals surface area (Å²) < 4.78 is 14.6. The Morgan fingerprint density at radius 3 is 3.00 bits per heavy atom. The molecule has 0 atom stereocenters. The van der Waals surface area contributed by atoms with Crippen LogP contribution in [0.5, 0.6) is 0 Å². The molecule has 1 aromatic rings. The summed E-state index contributed by atoms with van der Waals surface area (Å²) in [4.78, 5) is 13.5. The second-order valence-corrected chi connectivity index (χ2v) is 2.51. The molecule has 0 saturated carbocycles. The fourth-order valence-electron chi connectivity index (χ4n) is 0.507. The molecule has 1 rings (SSSR count). The normalized spacial score (nSPS) is 9.18. The van der Waals surface area contributed by atoms with Gasteiger partial charge in [0, 0.05) is 11.9 Å². The standard InChI is InChI=1S/C6H5FN2OS/c7-5-1-2-6(8-3-5)11-9-4-10/h1-4H,(H,9,10). The first-order valence-corrected chi connectivity index (χ1v) is 3.62. The van der Waals surface area contributed by atoms with Gasteiger partial charge in [0.15, 0.2) is 0 Å². The summed E-state index contributed by atoms with van der Waals surface area (Å²) in [6.07, 6.45) is 1.63. The van der Waals surface area contributed by atoms with Crippen molar-refractivity contribution in [1.29, 1.82) is 0 Å². The van der Waals surface area contributed by atoms with Gasteiger partial charge in [0.05, 0.1) is 6.20 Å². The minimum absolute atomic E-state index is 0.388. The van der Waals surface area contributed by atoms with Crippen LogP contribution in [0.1, 0.15) is 0 Å². The molecular formula is C6H5FN2OS. The Kier molecular flexibility index (Phi) is 2.85. The second-order valence-electron chi connectivity index (χ2n) is 1.65.